The van der Waals surface area contributed by atoms with Gasteiger partial charge < -0.3 is 19.7 Å². The Hall–Kier alpha value is -1.40. The van der Waals surface area contributed by atoms with Gasteiger partial charge in [0.1, 0.15) is 5.75 Å². The Labute approximate surface area is 168 Å². The highest BCUT2D eigenvalue weighted by Crippen LogP contribution is 2.29. The fourth-order valence-corrected chi connectivity index (χ4v) is 4.25. The van der Waals surface area contributed by atoms with Crippen molar-refractivity contribution in [3.63, 3.8) is 0 Å². The van der Waals surface area contributed by atoms with Crippen molar-refractivity contribution in [3.05, 3.63) is 24.3 Å². The highest BCUT2D eigenvalue weighted by atomic mass is 32.2. The minimum atomic E-state index is 0.528. The first-order chi connectivity index (χ1) is 13.1. The van der Waals surface area contributed by atoms with Crippen LogP contribution in [0.25, 0.3) is 0 Å². The lowest BCUT2D eigenvalue weighted by Crippen LogP contribution is -2.42. The Bertz CT molecular complexity index is 576. The molecule has 1 fully saturated rings. The van der Waals surface area contributed by atoms with Crippen molar-refractivity contribution in [2.24, 2.45) is 16.8 Å². The molecule has 0 saturated carbocycles. The van der Waals surface area contributed by atoms with Crippen LogP contribution in [0.3, 0.4) is 0 Å². The number of aliphatic imine (C=N–C) groups is 1. The number of nitrogens with one attached hydrogen (secondary N) is 1. The van der Waals surface area contributed by atoms with E-state index in [0.717, 1.165) is 49.7 Å². The van der Waals surface area contributed by atoms with Crippen molar-refractivity contribution in [2.45, 2.75) is 31.1 Å². The number of hydrogen-bond donors (Lipinski definition) is 1. The van der Waals surface area contributed by atoms with Gasteiger partial charge in [-0.05, 0) is 43.2 Å². The average molecular weight is 394 g/mol. The third-order valence-corrected chi connectivity index (χ3v) is 6.37. The van der Waals surface area contributed by atoms with Crippen molar-refractivity contribution >= 4 is 17.7 Å². The van der Waals surface area contributed by atoms with Gasteiger partial charge >= 0.3 is 0 Å². The molecule has 0 bridgehead atoms. The van der Waals surface area contributed by atoms with Gasteiger partial charge in [0.05, 0.1) is 7.11 Å². The molecule has 1 aliphatic heterocycles. The first kappa shape index (κ1) is 21.9. The predicted molar refractivity (Wildman–Crippen MR) is 115 cm³/mol. The molecule has 1 unspecified atom stereocenters. The second-order valence-electron chi connectivity index (χ2n) is 7.26. The zero-order chi connectivity index (χ0) is 19.5. The SMILES string of the molecule is CN=C(NCC(C)CSc1ccccc1OC)N(C)CCC1CCOCC1. The fourth-order valence-electron chi connectivity index (χ4n) is 3.20. The van der Waals surface area contributed by atoms with E-state index < -0.39 is 0 Å². The van der Waals surface area contributed by atoms with Gasteiger partial charge in [0, 0.05) is 51.0 Å². The quantitative estimate of drug-likeness (QED) is 0.393. The minimum Gasteiger partial charge on any atom is -0.496 e. The summed E-state index contributed by atoms with van der Waals surface area (Å²) in [5, 5.41) is 3.53. The third kappa shape index (κ3) is 7.62. The summed E-state index contributed by atoms with van der Waals surface area (Å²) in [4.78, 5) is 7.89. The van der Waals surface area contributed by atoms with Crippen LogP contribution in [0.4, 0.5) is 0 Å². The first-order valence-electron chi connectivity index (χ1n) is 9.89. The topological polar surface area (TPSA) is 46.1 Å². The van der Waals surface area contributed by atoms with E-state index in [1.54, 1.807) is 7.11 Å². The molecular weight excluding hydrogens is 358 g/mol. The van der Waals surface area contributed by atoms with Gasteiger partial charge in [-0.25, -0.2) is 0 Å². The van der Waals surface area contributed by atoms with E-state index in [1.807, 2.05) is 30.9 Å². The fraction of sp³-hybridized carbons (Fsp3) is 0.667. The molecule has 1 aliphatic rings. The van der Waals surface area contributed by atoms with Crippen molar-refractivity contribution in [1.82, 2.24) is 10.2 Å². The molecule has 6 heteroatoms. The predicted octanol–water partition coefficient (Wildman–Crippen LogP) is 3.75. The molecule has 1 aromatic rings. The first-order valence-corrected chi connectivity index (χ1v) is 10.9. The number of para-hydroxylation sites is 1. The largest absolute Gasteiger partial charge is 0.496 e. The van der Waals surface area contributed by atoms with Crippen molar-refractivity contribution < 1.29 is 9.47 Å². The summed E-state index contributed by atoms with van der Waals surface area (Å²) in [6, 6.07) is 8.20. The van der Waals surface area contributed by atoms with E-state index in [0.29, 0.717) is 5.92 Å². The van der Waals surface area contributed by atoms with Gasteiger partial charge in [-0.2, -0.15) is 0 Å². The van der Waals surface area contributed by atoms with Gasteiger partial charge in [0.25, 0.3) is 0 Å². The maximum atomic E-state index is 5.45. The molecule has 27 heavy (non-hydrogen) atoms. The highest BCUT2D eigenvalue weighted by Gasteiger charge is 2.16. The number of ether oxygens (including phenoxy) is 2. The molecule has 0 aromatic heterocycles. The maximum absolute atomic E-state index is 5.45. The van der Waals surface area contributed by atoms with Crippen LogP contribution in [0.5, 0.6) is 5.75 Å². The van der Waals surface area contributed by atoms with E-state index in [4.69, 9.17) is 9.47 Å². The number of guanidine groups is 1. The molecule has 1 heterocycles. The Kier molecular flexibility index (Phi) is 9.84. The van der Waals surface area contributed by atoms with Crippen molar-refractivity contribution in [3.8, 4) is 5.75 Å². The molecule has 0 amide bonds. The van der Waals surface area contributed by atoms with Crippen LogP contribution in [0, 0.1) is 11.8 Å². The number of benzene rings is 1. The molecule has 0 radical (unpaired) electrons. The van der Waals surface area contributed by atoms with E-state index in [9.17, 15) is 0 Å². The molecule has 0 spiro atoms. The van der Waals surface area contributed by atoms with Gasteiger partial charge in [-0.3, -0.25) is 4.99 Å². The Morgan fingerprint density at radius 2 is 2.11 bits per heavy atom. The molecule has 2 rings (SSSR count). The molecule has 0 aliphatic carbocycles. The highest BCUT2D eigenvalue weighted by molar-refractivity contribution is 7.99. The van der Waals surface area contributed by atoms with Crippen LogP contribution in [0.15, 0.2) is 34.2 Å². The molecular formula is C21H35N3O2S. The Balaban J connectivity index is 1.70. The lowest BCUT2D eigenvalue weighted by atomic mass is 9.96. The Morgan fingerprint density at radius 1 is 1.37 bits per heavy atom. The normalized spacial score (nSPS) is 16.8. The van der Waals surface area contributed by atoms with E-state index in [1.165, 1.54) is 24.2 Å². The van der Waals surface area contributed by atoms with Crippen LogP contribution >= 0.6 is 11.8 Å². The van der Waals surface area contributed by atoms with Crippen molar-refractivity contribution in [2.75, 3.05) is 53.3 Å². The van der Waals surface area contributed by atoms with Gasteiger partial charge in [-0.1, -0.05) is 19.1 Å². The molecule has 1 saturated heterocycles. The second-order valence-corrected chi connectivity index (χ2v) is 8.32. The number of thioether (sulfide) groups is 1. The molecule has 152 valence electrons. The lowest BCUT2D eigenvalue weighted by molar-refractivity contribution is 0.0625. The van der Waals surface area contributed by atoms with Crippen LogP contribution < -0.4 is 10.1 Å². The van der Waals surface area contributed by atoms with E-state index >= 15 is 0 Å². The number of nitrogens with zero attached hydrogens (tertiary/aromatic N) is 2. The smallest absolute Gasteiger partial charge is 0.193 e. The summed E-state index contributed by atoms with van der Waals surface area (Å²) in [7, 11) is 5.72. The van der Waals surface area contributed by atoms with E-state index in [2.05, 4.69) is 41.3 Å². The second kappa shape index (κ2) is 12.1. The summed E-state index contributed by atoms with van der Waals surface area (Å²) in [6.45, 7) is 6.06. The van der Waals surface area contributed by atoms with Crippen molar-refractivity contribution in [1.29, 1.82) is 0 Å². The van der Waals surface area contributed by atoms with Gasteiger partial charge in [0.15, 0.2) is 5.96 Å². The summed E-state index contributed by atoms with van der Waals surface area (Å²) in [5.74, 6) is 4.29. The van der Waals surface area contributed by atoms with E-state index in [-0.39, 0.29) is 0 Å². The third-order valence-electron chi connectivity index (χ3n) is 4.99. The monoisotopic (exact) mass is 393 g/mol. The lowest BCUT2D eigenvalue weighted by Gasteiger charge is -2.27. The molecule has 1 aromatic carbocycles. The van der Waals surface area contributed by atoms with Gasteiger partial charge in [-0.15, -0.1) is 11.8 Å². The van der Waals surface area contributed by atoms with Crippen LogP contribution in [0.1, 0.15) is 26.2 Å². The standard InChI is InChI=1S/C21H35N3O2S/c1-17(16-27-20-8-6-5-7-19(20)25-4)15-23-21(22-2)24(3)12-9-18-10-13-26-14-11-18/h5-8,17-18H,9-16H2,1-4H3,(H,22,23). The minimum absolute atomic E-state index is 0.528. The maximum Gasteiger partial charge on any atom is 0.193 e. The van der Waals surface area contributed by atoms with Crippen LogP contribution in [0.2, 0.25) is 0 Å². The van der Waals surface area contributed by atoms with Crippen LogP contribution in [-0.2, 0) is 4.74 Å². The zero-order valence-corrected chi connectivity index (χ0v) is 18.1. The van der Waals surface area contributed by atoms with Gasteiger partial charge in [0.2, 0.25) is 0 Å². The number of hydrogen-bond acceptors (Lipinski definition) is 4. The summed E-state index contributed by atoms with van der Waals surface area (Å²) >= 11 is 1.85. The number of rotatable bonds is 9. The summed E-state index contributed by atoms with van der Waals surface area (Å²) in [5.41, 5.74) is 0. The van der Waals surface area contributed by atoms with Crippen LogP contribution in [-0.4, -0.2) is 64.1 Å². The molecule has 5 nitrogen and oxygen atoms in total. The summed E-state index contributed by atoms with van der Waals surface area (Å²) < 4.78 is 10.9. The number of methoxy groups -OCH3 is 1. The Morgan fingerprint density at radius 3 is 2.81 bits per heavy atom. The average Bonchev–Trinajstić information content (AvgIpc) is 2.72. The molecule has 1 atom stereocenters. The summed E-state index contributed by atoms with van der Waals surface area (Å²) in [6.07, 6.45) is 3.59. The molecule has 1 N–H and O–H groups in total. The zero-order valence-electron chi connectivity index (χ0n) is 17.2.